The molecule has 2 unspecified atom stereocenters. The zero-order valence-electron chi connectivity index (χ0n) is 16.1. The molecule has 2 aromatic rings. The maximum absolute atomic E-state index is 13.2. The minimum atomic E-state index is -0.288. The van der Waals surface area contributed by atoms with Gasteiger partial charge in [-0.05, 0) is 69.9 Å². The molecule has 2 bridgehead atoms. The molecule has 2 aliphatic heterocycles. The number of aromatic nitrogens is 1. The lowest BCUT2D eigenvalue weighted by molar-refractivity contribution is 0.0873. The Balaban J connectivity index is 1.65. The number of aliphatic hydroxyl groups is 1. The van der Waals surface area contributed by atoms with Crippen LogP contribution < -0.4 is 0 Å². The summed E-state index contributed by atoms with van der Waals surface area (Å²) >= 11 is 0. The summed E-state index contributed by atoms with van der Waals surface area (Å²) in [5.41, 5.74) is 5.36. The van der Waals surface area contributed by atoms with E-state index in [-0.39, 0.29) is 17.9 Å². The van der Waals surface area contributed by atoms with Crippen molar-refractivity contribution in [3.05, 3.63) is 52.3 Å². The Morgan fingerprint density at radius 2 is 1.89 bits per heavy atom. The first-order valence-electron chi connectivity index (χ1n) is 9.58. The Morgan fingerprint density at radius 1 is 1.19 bits per heavy atom. The highest BCUT2D eigenvalue weighted by Gasteiger charge is 2.46. The number of nitriles is 1. The van der Waals surface area contributed by atoms with Crippen LogP contribution in [-0.2, 0) is 0 Å². The van der Waals surface area contributed by atoms with E-state index < -0.39 is 0 Å². The van der Waals surface area contributed by atoms with Gasteiger partial charge < -0.3 is 9.67 Å². The molecule has 140 valence electrons. The summed E-state index contributed by atoms with van der Waals surface area (Å²) in [6, 6.07) is 10.1. The third-order valence-electron chi connectivity index (χ3n) is 6.46. The number of hydrogen-bond acceptors (Lipinski definition) is 4. The molecular formula is C22H25N3O2. The van der Waals surface area contributed by atoms with Gasteiger partial charge in [-0.25, -0.2) is 0 Å². The molecule has 2 fully saturated rings. The molecule has 0 spiro atoms. The van der Waals surface area contributed by atoms with Crippen molar-refractivity contribution in [2.75, 3.05) is 6.54 Å². The largest absolute Gasteiger partial charge is 0.391 e. The van der Waals surface area contributed by atoms with Gasteiger partial charge in [0, 0.05) is 34.7 Å². The van der Waals surface area contributed by atoms with Crippen LogP contribution in [0.15, 0.2) is 24.3 Å². The Bertz CT molecular complexity index is 936. The summed E-state index contributed by atoms with van der Waals surface area (Å²) in [5, 5.41) is 19.1. The first-order valence-corrected chi connectivity index (χ1v) is 9.58. The average molecular weight is 363 g/mol. The van der Waals surface area contributed by atoms with E-state index in [0.717, 1.165) is 47.5 Å². The topological polar surface area (TPSA) is 69.3 Å². The van der Waals surface area contributed by atoms with Gasteiger partial charge in [0.1, 0.15) is 0 Å². The van der Waals surface area contributed by atoms with Gasteiger partial charge in [0.25, 0.3) is 0 Å². The second-order valence-electron chi connectivity index (χ2n) is 7.86. The molecule has 5 nitrogen and oxygen atoms in total. The molecule has 4 rings (SSSR count). The van der Waals surface area contributed by atoms with Crippen molar-refractivity contribution in [3.8, 4) is 11.8 Å². The molecule has 2 aliphatic rings. The van der Waals surface area contributed by atoms with E-state index in [4.69, 9.17) is 5.26 Å². The molecule has 1 N–H and O–H groups in total. The molecule has 2 saturated heterocycles. The number of Topliss-reactive ketones (excluding diaryl/α,β-unsaturated/α-hetero) is 1. The quantitative estimate of drug-likeness (QED) is 0.848. The van der Waals surface area contributed by atoms with Crippen molar-refractivity contribution in [2.45, 2.75) is 58.2 Å². The predicted molar refractivity (Wildman–Crippen MR) is 103 cm³/mol. The number of carbonyl (C=O) groups excluding carboxylic acids is 1. The van der Waals surface area contributed by atoms with Crippen LogP contribution in [0.2, 0.25) is 0 Å². The number of aliphatic hydroxyl groups excluding tert-OH is 1. The monoisotopic (exact) mass is 363 g/mol. The van der Waals surface area contributed by atoms with Gasteiger partial charge in [-0.3, -0.25) is 9.69 Å². The Morgan fingerprint density at radius 3 is 2.44 bits per heavy atom. The van der Waals surface area contributed by atoms with Crippen LogP contribution in [0.3, 0.4) is 0 Å². The predicted octanol–water partition coefficient (Wildman–Crippen LogP) is 3.05. The molecule has 1 aromatic carbocycles. The van der Waals surface area contributed by atoms with E-state index in [1.54, 1.807) is 12.1 Å². The number of ketones is 1. The first kappa shape index (κ1) is 18.0. The summed E-state index contributed by atoms with van der Waals surface area (Å²) < 4.78 is 2.09. The number of fused-ring (bicyclic) bond motifs is 2. The SMILES string of the molecule is Cc1c(C(=O)CN2C3CCC2[C@H](O)C3)c(C)n(-c2ccc(C#N)cc2)c1C. The maximum atomic E-state index is 13.2. The number of rotatable bonds is 4. The van der Waals surface area contributed by atoms with Gasteiger partial charge >= 0.3 is 0 Å². The Labute approximate surface area is 159 Å². The highest BCUT2D eigenvalue weighted by molar-refractivity contribution is 6.00. The van der Waals surface area contributed by atoms with E-state index in [0.29, 0.717) is 18.2 Å². The van der Waals surface area contributed by atoms with Crippen LogP contribution in [0, 0.1) is 32.1 Å². The van der Waals surface area contributed by atoms with Gasteiger partial charge in [0.15, 0.2) is 5.78 Å². The van der Waals surface area contributed by atoms with E-state index >= 15 is 0 Å². The fourth-order valence-electron chi connectivity index (χ4n) is 5.03. The summed E-state index contributed by atoms with van der Waals surface area (Å²) in [4.78, 5) is 15.4. The third-order valence-corrected chi connectivity index (χ3v) is 6.46. The molecule has 0 radical (unpaired) electrons. The first-order chi connectivity index (χ1) is 12.9. The molecule has 0 saturated carbocycles. The smallest absolute Gasteiger partial charge is 0.178 e. The fourth-order valence-corrected chi connectivity index (χ4v) is 5.03. The fraction of sp³-hybridized carbons (Fsp3) is 0.455. The van der Waals surface area contributed by atoms with E-state index in [1.807, 2.05) is 32.9 Å². The van der Waals surface area contributed by atoms with E-state index in [2.05, 4.69) is 15.5 Å². The van der Waals surface area contributed by atoms with Gasteiger partial charge in [-0.15, -0.1) is 0 Å². The zero-order valence-corrected chi connectivity index (χ0v) is 16.1. The Hall–Kier alpha value is -2.42. The van der Waals surface area contributed by atoms with Crippen molar-refractivity contribution >= 4 is 5.78 Å². The van der Waals surface area contributed by atoms with Crippen LogP contribution in [-0.4, -0.2) is 45.1 Å². The molecular weight excluding hydrogens is 338 g/mol. The minimum absolute atomic E-state index is 0.131. The molecule has 5 heteroatoms. The van der Waals surface area contributed by atoms with Crippen molar-refractivity contribution in [2.24, 2.45) is 0 Å². The molecule has 3 heterocycles. The van der Waals surface area contributed by atoms with Crippen molar-refractivity contribution in [1.82, 2.24) is 9.47 Å². The molecule has 0 amide bonds. The van der Waals surface area contributed by atoms with Gasteiger partial charge in [0.05, 0.1) is 24.3 Å². The second-order valence-corrected chi connectivity index (χ2v) is 7.86. The molecule has 1 aromatic heterocycles. The van der Waals surface area contributed by atoms with E-state index in [1.165, 1.54) is 0 Å². The lowest BCUT2D eigenvalue weighted by Gasteiger charge is -2.21. The number of carbonyl (C=O) groups is 1. The van der Waals surface area contributed by atoms with Crippen molar-refractivity contribution in [1.29, 1.82) is 5.26 Å². The summed E-state index contributed by atoms with van der Waals surface area (Å²) in [6.07, 6.45) is 2.57. The van der Waals surface area contributed by atoms with Crippen LogP contribution in [0.4, 0.5) is 0 Å². The van der Waals surface area contributed by atoms with Crippen LogP contribution in [0.1, 0.15) is 52.1 Å². The lowest BCUT2D eigenvalue weighted by atomic mass is 9.98. The average Bonchev–Trinajstić information content (AvgIpc) is 3.24. The van der Waals surface area contributed by atoms with Crippen LogP contribution in [0.25, 0.3) is 5.69 Å². The minimum Gasteiger partial charge on any atom is -0.391 e. The Kier molecular flexibility index (Phi) is 4.41. The lowest BCUT2D eigenvalue weighted by Crippen LogP contribution is -2.36. The highest BCUT2D eigenvalue weighted by Crippen LogP contribution is 2.38. The maximum Gasteiger partial charge on any atom is 0.178 e. The zero-order chi connectivity index (χ0) is 19.3. The number of benzene rings is 1. The van der Waals surface area contributed by atoms with Crippen LogP contribution >= 0.6 is 0 Å². The summed E-state index contributed by atoms with van der Waals surface area (Å²) in [7, 11) is 0. The van der Waals surface area contributed by atoms with Crippen molar-refractivity contribution < 1.29 is 9.90 Å². The van der Waals surface area contributed by atoms with Gasteiger partial charge in [0.2, 0.25) is 0 Å². The molecule has 27 heavy (non-hydrogen) atoms. The second kappa shape index (κ2) is 6.63. The normalized spacial score (nSPS) is 24.3. The molecule has 0 aliphatic carbocycles. The summed E-state index contributed by atoms with van der Waals surface area (Å²) in [5.74, 6) is 0.131. The van der Waals surface area contributed by atoms with E-state index in [9.17, 15) is 9.90 Å². The van der Waals surface area contributed by atoms with Gasteiger partial charge in [-0.2, -0.15) is 5.26 Å². The summed E-state index contributed by atoms with van der Waals surface area (Å²) in [6.45, 7) is 6.40. The van der Waals surface area contributed by atoms with Gasteiger partial charge in [-0.1, -0.05) is 0 Å². The van der Waals surface area contributed by atoms with Crippen molar-refractivity contribution in [3.63, 3.8) is 0 Å². The highest BCUT2D eigenvalue weighted by atomic mass is 16.3. The van der Waals surface area contributed by atoms with Crippen LogP contribution in [0.5, 0.6) is 0 Å². The number of nitrogens with zero attached hydrogens (tertiary/aromatic N) is 3. The number of hydrogen-bond donors (Lipinski definition) is 1. The third kappa shape index (κ3) is 2.80. The molecule has 3 atom stereocenters. The standard InChI is InChI=1S/C22H25N3O2/c1-13-14(2)25(17-6-4-16(11-23)5-7-17)15(3)22(13)21(27)12-24-18-8-9-19(24)20(26)10-18/h4-7,18-20,26H,8-10,12H2,1-3H3/t18?,19?,20-/m1/s1.